The van der Waals surface area contributed by atoms with Crippen molar-refractivity contribution in [2.24, 2.45) is 5.92 Å². The van der Waals surface area contributed by atoms with Crippen LogP contribution in [-0.2, 0) is 9.22 Å². The molecule has 0 amide bonds. The third-order valence-corrected chi connectivity index (χ3v) is 10.00. The zero-order valence-corrected chi connectivity index (χ0v) is 15.4. The predicted octanol–water partition coefficient (Wildman–Crippen LogP) is 5.33. The van der Waals surface area contributed by atoms with Crippen LogP contribution in [0, 0.1) is 5.92 Å². The number of aldehydes is 1. The first-order valence-corrected chi connectivity index (χ1v) is 11.2. The number of hydrogen-bond donors (Lipinski definition) is 0. The molecule has 0 bridgehead atoms. The van der Waals surface area contributed by atoms with Crippen molar-refractivity contribution in [3.05, 3.63) is 0 Å². The molecule has 2 nitrogen and oxygen atoms in total. The summed E-state index contributed by atoms with van der Waals surface area (Å²) in [5.41, 5.74) is -0.185. The molecule has 1 aliphatic carbocycles. The van der Waals surface area contributed by atoms with Crippen LogP contribution in [0.1, 0.15) is 72.6 Å². The summed E-state index contributed by atoms with van der Waals surface area (Å²) in [5, 5.41) is 0.202. The molecule has 0 aromatic heterocycles. The number of hydrogen-bond acceptors (Lipinski definition) is 2. The van der Waals surface area contributed by atoms with Gasteiger partial charge in [-0.05, 0) is 43.3 Å². The van der Waals surface area contributed by atoms with Crippen LogP contribution in [0.5, 0.6) is 0 Å². The molecular weight excluding hydrogens is 264 g/mol. The van der Waals surface area contributed by atoms with Crippen molar-refractivity contribution in [1.29, 1.82) is 0 Å². The molecule has 1 fully saturated rings. The van der Waals surface area contributed by atoms with Gasteiger partial charge in [0.25, 0.3) is 0 Å². The van der Waals surface area contributed by atoms with Gasteiger partial charge in [0.05, 0.1) is 5.60 Å². The highest BCUT2D eigenvalue weighted by Gasteiger charge is 2.48. The second kappa shape index (κ2) is 6.74. The fourth-order valence-electron chi connectivity index (χ4n) is 3.33. The first-order valence-electron chi connectivity index (χ1n) is 8.32. The molecule has 1 aliphatic rings. The van der Waals surface area contributed by atoms with E-state index >= 15 is 0 Å². The second-order valence-corrected chi connectivity index (χ2v) is 12.8. The van der Waals surface area contributed by atoms with Gasteiger partial charge in [-0.1, -0.05) is 47.0 Å². The summed E-state index contributed by atoms with van der Waals surface area (Å²) in [6.07, 6.45) is 8.89. The van der Waals surface area contributed by atoms with Crippen molar-refractivity contribution in [1.82, 2.24) is 0 Å². The van der Waals surface area contributed by atoms with Gasteiger partial charge in [-0.3, -0.25) is 0 Å². The van der Waals surface area contributed by atoms with E-state index < -0.39 is 8.32 Å². The van der Waals surface area contributed by atoms with Crippen LogP contribution in [0.15, 0.2) is 0 Å². The Morgan fingerprint density at radius 3 is 2.15 bits per heavy atom. The normalized spacial score (nSPS) is 20.9. The summed E-state index contributed by atoms with van der Waals surface area (Å²) in [6, 6.07) is 0. The maximum atomic E-state index is 11.3. The quantitative estimate of drug-likeness (QED) is 0.469. The Bertz CT molecular complexity index is 313. The average molecular weight is 299 g/mol. The van der Waals surface area contributed by atoms with Crippen LogP contribution < -0.4 is 0 Å². The largest absolute Gasteiger partial charge is 0.411 e. The van der Waals surface area contributed by atoms with Crippen LogP contribution in [-0.4, -0.2) is 20.2 Å². The minimum atomic E-state index is -1.84. The summed E-state index contributed by atoms with van der Waals surface area (Å²) >= 11 is 0. The van der Waals surface area contributed by atoms with Crippen molar-refractivity contribution in [2.45, 2.75) is 96.4 Å². The molecule has 1 atom stereocenters. The van der Waals surface area contributed by atoms with Crippen LogP contribution in [0.3, 0.4) is 0 Å². The van der Waals surface area contributed by atoms with E-state index in [9.17, 15) is 4.79 Å². The molecule has 0 saturated heterocycles. The lowest BCUT2D eigenvalue weighted by Crippen LogP contribution is -2.53. The van der Waals surface area contributed by atoms with E-state index in [2.05, 4.69) is 40.8 Å². The van der Waals surface area contributed by atoms with Crippen LogP contribution in [0.2, 0.25) is 18.1 Å². The zero-order valence-electron chi connectivity index (χ0n) is 14.4. The summed E-state index contributed by atoms with van der Waals surface area (Å²) in [6.45, 7) is 13.7. The van der Waals surface area contributed by atoms with Crippen LogP contribution >= 0.6 is 0 Å². The molecule has 1 saturated carbocycles. The first kappa shape index (κ1) is 17.9. The van der Waals surface area contributed by atoms with Gasteiger partial charge in [0, 0.05) is 6.42 Å². The van der Waals surface area contributed by atoms with Crippen molar-refractivity contribution >= 4 is 14.6 Å². The topological polar surface area (TPSA) is 26.3 Å². The maximum absolute atomic E-state index is 11.3. The third kappa shape index (κ3) is 3.94. The highest BCUT2D eigenvalue weighted by Crippen LogP contribution is 2.47. The van der Waals surface area contributed by atoms with Gasteiger partial charge in [-0.2, -0.15) is 0 Å². The second-order valence-electron chi connectivity index (χ2n) is 8.03. The zero-order chi connectivity index (χ0) is 15.4. The Hall–Kier alpha value is -0.153. The third-order valence-electron chi connectivity index (χ3n) is 5.47. The van der Waals surface area contributed by atoms with E-state index in [1.807, 2.05) is 0 Å². The fourth-order valence-corrected chi connectivity index (χ4v) is 5.00. The molecular formula is C17H34O2Si. The SMILES string of the molecule is CCCC(CC=O)(O[Si](C)(C)C(C)(C)C)C1CCCC1. The Morgan fingerprint density at radius 1 is 1.20 bits per heavy atom. The van der Waals surface area contributed by atoms with Crippen molar-refractivity contribution in [3.8, 4) is 0 Å². The lowest BCUT2D eigenvalue weighted by molar-refractivity contribution is -0.114. The minimum Gasteiger partial charge on any atom is -0.411 e. The van der Waals surface area contributed by atoms with Gasteiger partial charge in [-0.15, -0.1) is 0 Å². The van der Waals surface area contributed by atoms with Gasteiger partial charge in [0.1, 0.15) is 6.29 Å². The van der Waals surface area contributed by atoms with E-state index in [0.29, 0.717) is 12.3 Å². The van der Waals surface area contributed by atoms with Gasteiger partial charge >= 0.3 is 0 Å². The molecule has 0 heterocycles. The van der Waals surface area contributed by atoms with Gasteiger partial charge < -0.3 is 9.22 Å². The van der Waals surface area contributed by atoms with E-state index in [1.165, 1.54) is 25.7 Å². The van der Waals surface area contributed by atoms with Crippen LogP contribution in [0.25, 0.3) is 0 Å². The van der Waals surface area contributed by atoms with Gasteiger partial charge in [0.2, 0.25) is 0 Å². The van der Waals surface area contributed by atoms with Gasteiger partial charge in [-0.25, -0.2) is 0 Å². The Labute approximate surface area is 126 Å². The lowest BCUT2D eigenvalue weighted by Gasteiger charge is -2.48. The van der Waals surface area contributed by atoms with Crippen LogP contribution in [0.4, 0.5) is 0 Å². The molecule has 1 rings (SSSR count). The molecule has 20 heavy (non-hydrogen) atoms. The molecule has 0 spiro atoms. The lowest BCUT2D eigenvalue weighted by atomic mass is 9.80. The maximum Gasteiger partial charge on any atom is 0.192 e. The molecule has 0 N–H and O–H groups in total. The fraction of sp³-hybridized carbons (Fsp3) is 0.941. The molecule has 1 unspecified atom stereocenters. The molecule has 118 valence electrons. The predicted molar refractivity (Wildman–Crippen MR) is 88.6 cm³/mol. The van der Waals surface area contributed by atoms with Crippen molar-refractivity contribution in [2.75, 3.05) is 0 Å². The van der Waals surface area contributed by atoms with E-state index in [-0.39, 0.29) is 10.6 Å². The summed E-state index contributed by atoms with van der Waals surface area (Å²) in [5.74, 6) is 0.585. The van der Waals surface area contributed by atoms with Crippen molar-refractivity contribution < 1.29 is 9.22 Å². The smallest absolute Gasteiger partial charge is 0.192 e. The molecule has 3 heteroatoms. The molecule has 0 aliphatic heterocycles. The average Bonchev–Trinajstić information content (AvgIpc) is 2.81. The van der Waals surface area contributed by atoms with E-state index in [4.69, 9.17) is 4.43 Å². The number of rotatable bonds is 7. The molecule has 0 aromatic carbocycles. The highest BCUT2D eigenvalue weighted by molar-refractivity contribution is 6.74. The molecule has 0 radical (unpaired) electrons. The highest BCUT2D eigenvalue weighted by atomic mass is 28.4. The first-order chi connectivity index (χ1) is 9.18. The molecule has 0 aromatic rings. The van der Waals surface area contributed by atoms with Crippen molar-refractivity contribution in [3.63, 3.8) is 0 Å². The summed E-state index contributed by atoms with van der Waals surface area (Å²) < 4.78 is 6.86. The van der Waals surface area contributed by atoms with E-state index in [0.717, 1.165) is 19.1 Å². The van der Waals surface area contributed by atoms with Gasteiger partial charge in [0.15, 0.2) is 8.32 Å². The number of carbonyl (C=O) groups is 1. The monoisotopic (exact) mass is 298 g/mol. The minimum absolute atomic E-state index is 0.185. The Kier molecular flexibility index (Phi) is 6.03. The Balaban J connectivity index is 3.04. The number of carbonyl (C=O) groups excluding carboxylic acids is 1. The van der Waals surface area contributed by atoms with E-state index in [1.54, 1.807) is 0 Å². The Morgan fingerprint density at radius 2 is 1.75 bits per heavy atom. The standard InChI is InChI=1S/C17H34O2Si/c1-7-12-17(13-14-18,15-10-8-9-11-15)19-20(5,6)16(2,3)4/h14-15H,7-13H2,1-6H3. The summed E-state index contributed by atoms with van der Waals surface area (Å²) in [7, 11) is -1.84. The summed E-state index contributed by atoms with van der Waals surface area (Å²) in [4.78, 5) is 11.3.